The van der Waals surface area contributed by atoms with Gasteiger partial charge in [-0.05, 0) is 43.0 Å². The van der Waals surface area contributed by atoms with Gasteiger partial charge < -0.3 is 4.57 Å². The lowest BCUT2D eigenvalue weighted by molar-refractivity contribution is 0.586. The van der Waals surface area contributed by atoms with Crippen molar-refractivity contribution >= 4 is 20.7 Å². The SMILES string of the molecule is Cc1ccc(S(=O)(=O)CC2CCn3c2cc2ccccc23)cc1. The number of rotatable bonds is 3. The Kier molecular flexibility index (Phi) is 3.31. The molecule has 0 radical (unpaired) electrons. The predicted molar refractivity (Wildman–Crippen MR) is 92.5 cm³/mol. The Morgan fingerprint density at radius 3 is 2.61 bits per heavy atom. The van der Waals surface area contributed by atoms with Crippen molar-refractivity contribution in [1.82, 2.24) is 4.57 Å². The first kappa shape index (κ1) is 14.5. The number of benzene rings is 2. The van der Waals surface area contributed by atoms with Crippen LogP contribution < -0.4 is 0 Å². The molecule has 0 spiro atoms. The molecule has 1 aromatic heterocycles. The minimum Gasteiger partial charge on any atom is -0.344 e. The van der Waals surface area contributed by atoms with E-state index >= 15 is 0 Å². The zero-order valence-electron chi connectivity index (χ0n) is 13.1. The van der Waals surface area contributed by atoms with E-state index in [0.29, 0.717) is 4.90 Å². The first-order valence-corrected chi connectivity index (χ1v) is 9.57. The molecule has 1 atom stereocenters. The van der Waals surface area contributed by atoms with Crippen molar-refractivity contribution in [2.45, 2.75) is 30.7 Å². The molecule has 118 valence electrons. The second-order valence-corrected chi connectivity index (χ2v) is 8.39. The average molecular weight is 325 g/mol. The van der Waals surface area contributed by atoms with Gasteiger partial charge in [-0.25, -0.2) is 8.42 Å². The van der Waals surface area contributed by atoms with Crippen LogP contribution in [-0.2, 0) is 16.4 Å². The molecule has 1 unspecified atom stereocenters. The highest BCUT2D eigenvalue weighted by Crippen LogP contribution is 2.35. The van der Waals surface area contributed by atoms with Crippen molar-refractivity contribution in [1.29, 1.82) is 0 Å². The van der Waals surface area contributed by atoms with Crippen molar-refractivity contribution in [3.8, 4) is 0 Å². The van der Waals surface area contributed by atoms with Gasteiger partial charge in [0.25, 0.3) is 0 Å². The molecule has 0 N–H and O–H groups in total. The van der Waals surface area contributed by atoms with Crippen LogP contribution in [0.1, 0.15) is 23.6 Å². The van der Waals surface area contributed by atoms with E-state index in [2.05, 4.69) is 22.8 Å². The van der Waals surface area contributed by atoms with Crippen LogP contribution in [-0.4, -0.2) is 18.7 Å². The maximum Gasteiger partial charge on any atom is 0.179 e. The second-order valence-electron chi connectivity index (χ2n) is 6.36. The molecule has 0 fully saturated rings. The lowest BCUT2D eigenvalue weighted by atomic mass is 10.1. The summed E-state index contributed by atoms with van der Waals surface area (Å²) in [4.78, 5) is 0.428. The number of aryl methyl sites for hydroxylation is 2. The summed E-state index contributed by atoms with van der Waals surface area (Å²) >= 11 is 0. The molecule has 3 nitrogen and oxygen atoms in total. The molecule has 1 aliphatic heterocycles. The predicted octanol–water partition coefficient (Wildman–Crippen LogP) is 3.91. The van der Waals surface area contributed by atoms with Crippen LogP contribution >= 0.6 is 0 Å². The Morgan fingerprint density at radius 1 is 1.09 bits per heavy atom. The van der Waals surface area contributed by atoms with Gasteiger partial charge in [-0.2, -0.15) is 0 Å². The summed E-state index contributed by atoms with van der Waals surface area (Å²) in [5, 5.41) is 1.19. The molecule has 4 rings (SSSR count). The molecular weight excluding hydrogens is 306 g/mol. The number of para-hydroxylation sites is 1. The van der Waals surface area contributed by atoms with E-state index in [0.717, 1.165) is 24.2 Å². The Bertz CT molecular complexity index is 968. The fourth-order valence-electron chi connectivity index (χ4n) is 3.53. The van der Waals surface area contributed by atoms with Crippen molar-refractivity contribution in [3.63, 3.8) is 0 Å². The first-order chi connectivity index (χ1) is 11.0. The Labute approximate surface area is 136 Å². The number of hydrogen-bond donors (Lipinski definition) is 0. The second kappa shape index (κ2) is 5.24. The van der Waals surface area contributed by atoms with Crippen LogP contribution in [0.3, 0.4) is 0 Å². The van der Waals surface area contributed by atoms with E-state index < -0.39 is 9.84 Å². The van der Waals surface area contributed by atoms with Crippen LogP contribution in [0.5, 0.6) is 0 Å². The van der Waals surface area contributed by atoms with E-state index in [4.69, 9.17) is 0 Å². The molecule has 3 aromatic rings. The van der Waals surface area contributed by atoms with E-state index in [-0.39, 0.29) is 11.7 Å². The average Bonchev–Trinajstić information content (AvgIpc) is 3.08. The zero-order chi connectivity index (χ0) is 16.0. The highest BCUT2D eigenvalue weighted by atomic mass is 32.2. The Balaban J connectivity index is 1.68. The molecule has 4 heteroatoms. The summed E-state index contributed by atoms with van der Waals surface area (Å²) in [6.07, 6.45) is 0.894. The first-order valence-electron chi connectivity index (χ1n) is 7.92. The molecular formula is C19H19NO2S. The van der Waals surface area contributed by atoms with E-state index in [1.54, 1.807) is 12.1 Å². The molecule has 0 saturated heterocycles. The molecule has 1 aliphatic rings. The van der Waals surface area contributed by atoms with Gasteiger partial charge in [-0.3, -0.25) is 0 Å². The molecule has 0 bridgehead atoms. The van der Waals surface area contributed by atoms with Gasteiger partial charge >= 0.3 is 0 Å². The van der Waals surface area contributed by atoms with E-state index in [9.17, 15) is 8.42 Å². The number of nitrogens with zero attached hydrogens (tertiary/aromatic N) is 1. The highest BCUT2D eigenvalue weighted by molar-refractivity contribution is 7.91. The third-order valence-corrected chi connectivity index (χ3v) is 6.59. The standard InChI is InChI=1S/C19H19NO2S/c1-14-6-8-17(9-7-14)23(21,22)13-16-10-11-20-18-5-3-2-4-15(18)12-19(16)20/h2-9,12,16H,10-11,13H2,1H3. The smallest absolute Gasteiger partial charge is 0.179 e. The molecule has 2 heterocycles. The van der Waals surface area contributed by atoms with Gasteiger partial charge in [-0.1, -0.05) is 35.9 Å². The monoisotopic (exact) mass is 325 g/mol. The summed E-state index contributed by atoms with van der Waals surface area (Å²) in [7, 11) is -3.25. The van der Waals surface area contributed by atoms with E-state index in [1.807, 2.05) is 31.2 Å². The third-order valence-electron chi connectivity index (χ3n) is 4.76. The molecule has 0 aliphatic carbocycles. The summed E-state index contributed by atoms with van der Waals surface area (Å²) in [5.74, 6) is 0.264. The minimum atomic E-state index is -3.25. The molecule has 23 heavy (non-hydrogen) atoms. The summed E-state index contributed by atoms with van der Waals surface area (Å²) in [6.45, 7) is 2.86. The van der Waals surface area contributed by atoms with Gasteiger partial charge in [0.1, 0.15) is 0 Å². The van der Waals surface area contributed by atoms with Crippen molar-refractivity contribution < 1.29 is 8.42 Å². The highest BCUT2D eigenvalue weighted by Gasteiger charge is 2.29. The topological polar surface area (TPSA) is 39.1 Å². The third kappa shape index (κ3) is 2.47. The van der Waals surface area contributed by atoms with Gasteiger partial charge in [-0.15, -0.1) is 0 Å². The molecule has 2 aromatic carbocycles. The molecule has 0 saturated carbocycles. The van der Waals surface area contributed by atoms with Gasteiger partial charge in [0, 0.05) is 23.7 Å². The van der Waals surface area contributed by atoms with Crippen molar-refractivity contribution in [3.05, 3.63) is 65.9 Å². The van der Waals surface area contributed by atoms with Gasteiger partial charge in [0.05, 0.1) is 10.6 Å². The summed E-state index contributed by atoms with van der Waals surface area (Å²) in [5.41, 5.74) is 3.43. The number of aromatic nitrogens is 1. The Hall–Kier alpha value is -2.07. The van der Waals surface area contributed by atoms with Crippen LogP contribution in [0.4, 0.5) is 0 Å². The van der Waals surface area contributed by atoms with Crippen LogP contribution in [0.2, 0.25) is 0 Å². The minimum absolute atomic E-state index is 0.0775. The van der Waals surface area contributed by atoms with Gasteiger partial charge in [0.2, 0.25) is 0 Å². The van der Waals surface area contributed by atoms with E-state index in [1.165, 1.54) is 10.9 Å². The number of hydrogen-bond acceptors (Lipinski definition) is 2. The van der Waals surface area contributed by atoms with Gasteiger partial charge in [0.15, 0.2) is 9.84 Å². The fourth-order valence-corrected chi connectivity index (χ4v) is 5.14. The molecule has 0 amide bonds. The normalized spacial score (nSPS) is 17.5. The Morgan fingerprint density at radius 2 is 1.83 bits per heavy atom. The quantitative estimate of drug-likeness (QED) is 0.732. The zero-order valence-corrected chi connectivity index (χ0v) is 13.9. The van der Waals surface area contributed by atoms with Crippen LogP contribution in [0.15, 0.2) is 59.5 Å². The van der Waals surface area contributed by atoms with Crippen molar-refractivity contribution in [2.75, 3.05) is 5.75 Å². The largest absolute Gasteiger partial charge is 0.344 e. The summed E-state index contributed by atoms with van der Waals surface area (Å²) < 4.78 is 27.7. The fraction of sp³-hybridized carbons (Fsp3) is 0.263. The van der Waals surface area contributed by atoms with Crippen LogP contribution in [0.25, 0.3) is 10.9 Å². The summed E-state index contributed by atoms with van der Waals surface area (Å²) in [6, 6.07) is 17.6. The number of sulfone groups is 1. The maximum absolute atomic E-state index is 12.7. The lowest BCUT2D eigenvalue weighted by Gasteiger charge is -2.10. The lowest BCUT2D eigenvalue weighted by Crippen LogP contribution is -2.13. The maximum atomic E-state index is 12.7. The number of fused-ring (bicyclic) bond motifs is 3. The van der Waals surface area contributed by atoms with Crippen LogP contribution in [0, 0.1) is 6.92 Å². The van der Waals surface area contributed by atoms with Crippen molar-refractivity contribution in [2.24, 2.45) is 0 Å².